The quantitative estimate of drug-likeness (QED) is 0.630. The maximum absolute atomic E-state index is 11.5. The van der Waals surface area contributed by atoms with E-state index in [1.54, 1.807) is 31.2 Å². The molecule has 4 nitrogen and oxygen atoms in total. The molecule has 0 heterocycles. The van der Waals surface area contributed by atoms with E-state index in [4.69, 9.17) is 11.2 Å². The summed E-state index contributed by atoms with van der Waals surface area (Å²) in [6.45, 7) is 3.30. The van der Waals surface area contributed by atoms with Gasteiger partial charge in [0.25, 0.3) is 5.91 Å². The SMILES string of the molecule is C#CCNC(=O)C(C)Oc1ccc(C(C)=O)cc1. The van der Waals surface area contributed by atoms with Gasteiger partial charge in [0, 0.05) is 5.56 Å². The molecule has 0 spiro atoms. The molecule has 0 saturated heterocycles. The van der Waals surface area contributed by atoms with E-state index >= 15 is 0 Å². The van der Waals surface area contributed by atoms with Gasteiger partial charge in [-0.15, -0.1) is 6.42 Å². The molecule has 1 atom stereocenters. The molecule has 0 aliphatic carbocycles. The van der Waals surface area contributed by atoms with Crippen LogP contribution in [0.3, 0.4) is 0 Å². The summed E-state index contributed by atoms with van der Waals surface area (Å²) in [6.07, 6.45) is 4.40. The number of carbonyl (C=O) groups excluding carboxylic acids is 2. The maximum atomic E-state index is 11.5. The molecule has 1 unspecified atom stereocenters. The summed E-state index contributed by atoms with van der Waals surface area (Å²) < 4.78 is 5.42. The molecule has 1 amide bonds. The van der Waals surface area contributed by atoms with Crippen LogP contribution in [0.1, 0.15) is 24.2 Å². The highest BCUT2D eigenvalue weighted by molar-refractivity contribution is 5.94. The Labute approximate surface area is 106 Å². The van der Waals surface area contributed by atoms with Gasteiger partial charge >= 0.3 is 0 Å². The van der Waals surface area contributed by atoms with E-state index in [0.29, 0.717) is 11.3 Å². The minimum absolute atomic E-state index is 0.0126. The molecule has 1 aromatic rings. The summed E-state index contributed by atoms with van der Waals surface area (Å²) in [5.41, 5.74) is 0.604. The van der Waals surface area contributed by atoms with Gasteiger partial charge in [0.2, 0.25) is 0 Å². The van der Waals surface area contributed by atoms with Gasteiger partial charge in [-0.3, -0.25) is 9.59 Å². The minimum atomic E-state index is -0.637. The molecule has 94 valence electrons. The molecular weight excluding hydrogens is 230 g/mol. The van der Waals surface area contributed by atoms with Crippen molar-refractivity contribution in [2.75, 3.05) is 6.54 Å². The minimum Gasteiger partial charge on any atom is -0.481 e. The number of amides is 1. The van der Waals surface area contributed by atoms with Gasteiger partial charge in [-0.2, -0.15) is 0 Å². The highest BCUT2D eigenvalue weighted by atomic mass is 16.5. The van der Waals surface area contributed by atoms with Gasteiger partial charge in [0.05, 0.1) is 6.54 Å². The van der Waals surface area contributed by atoms with E-state index in [9.17, 15) is 9.59 Å². The fourth-order valence-electron chi connectivity index (χ4n) is 1.31. The third-order valence-electron chi connectivity index (χ3n) is 2.31. The molecule has 0 aromatic heterocycles. The van der Waals surface area contributed by atoms with E-state index in [1.807, 2.05) is 0 Å². The third kappa shape index (κ3) is 3.95. The molecule has 0 aliphatic rings. The Morgan fingerprint density at radius 2 is 2.00 bits per heavy atom. The molecule has 0 saturated carbocycles. The van der Waals surface area contributed by atoms with Crippen LogP contribution in [0.25, 0.3) is 0 Å². The van der Waals surface area contributed by atoms with Crippen LogP contribution in [0, 0.1) is 12.3 Å². The summed E-state index contributed by atoms with van der Waals surface area (Å²) in [5.74, 6) is 2.56. The van der Waals surface area contributed by atoms with Crippen LogP contribution >= 0.6 is 0 Å². The van der Waals surface area contributed by atoms with Crippen LogP contribution < -0.4 is 10.1 Å². The first kappa shape index (κ1) is 13.8. The molecule has 1 N–H and O–H groups in total. The first-order valence-corrected chi connectivity index (χ1v) is 5.53. The van der Waals surface area contributed by atoms with Gasteiger partial charge in [-0.25, -0.2) is 0 Å². The zero-order valence-corrected chi connectivity index (χ0v) is 10.4. The fourth-order valence-corrected chi connectivity index (χ4v) is 1.31. The molecule has 0 fully saturated rings. The number of rotatable bonds is 5. The first-order chi connectivity index (χ1) is 8.54. The smallest absolute Gasteiger partial charge is 0.261 e. The summed E-state index contributed by atoms with van der Waals surface area (Å²) in [4.78, 5) is 22.6. The van der Waals surface area contributed by atoms with E-state index in [2.05, 4.69) is 11.2 Å². The Morgan fingerprint density at radius 3 is 2.50 bits per heavy atom. The maximum Gasteiger partial charge on any atom is 0.261 e. The number of ketones is 1. The van der Waals surface area contributed by atoms with Gasteiger partial charge in [-0.05, 0) is 38.1 Å². The Bertz CT molecular complexity index is 471. The third-order valence-corrected chi connectivity index (χ3v) is 2.31. The highest BCUT2D eigenvalue weighted by Gasteiger charge is 2.13. The fraction of sp³-hybridized carbons (Fsp3) is 0.286. The van der Waals surface area contributed by atoms with Crippen LogP contribution in [0.15, 0.2) is 24.3 Å². The van der Waals surface area contributed by atoms with E-state index in [1.165, 1.54) is 6.92 Å². The first-order valence-electron chi connectivity index (χ1n) is 5.53. The largest absolute Gasteiger partial charge is 0.481 e. The van der Waals surface area contributed by atoms with Gasteiger partial charge < -0.3 is 10.1 Å². The number of nitrogens with one attached hydrogen (secondary N) is 1. The Balaban J connectivity index is 2.59. The number of hydrogen-bond acceptors (Lipinski definition) is 3. The Hall–Kier alpha value is -2.28. The van der Waals surface area contributed by atoms with Crippen LogP contribution in [0.2, 0.25) is 0 Å². The molecule has 1 rings (SSSR count). The molecular formula is C14H15NO3. The monoisotopic (exact) mass is 245 g/mol. The second kappa shape index (κ2) is 6.45. The predicted molar refractivity (Wildman–Crippen MR) is 68.4 cm³/mol. The van der Waals surface area contributed by atoms with Crippen molar-refractivity contribution in [3.05, 3.63) is 29.8 Å². The lowest BCUT2D eigenvalue weighted by Crippen LogP contribution is -2.36. The Kier molecular flexibility index (Phi) is 4.94. The summed E-state index contributed by atoms with van der Waals surface area (Å²) in [5, 5.41) is 2.53. The number of ether oxygens (including phenoxy) is 1. The lowest BCUT2D eigenvalue weighted by molar-refractivity contribution is -0.126. The standard InChI is InChI=1S/C14H15NO3/c1-4-9-15-14(17)11(3)18-13-7-5-12(6-8-13)10(2)16/h1,5-8,11H,9H2,2-3H3,(H,15,17). The van der Waals surface area contributed by atoms with Gasteiger partial charge in [0.15, 0.2) is 11.9 Å². The lowest BCUT2D eigenvalue weighted by atomic mass is 10.1. The average molecular weight is 245 g/mol. The van der Waals surface area contributed by atoms with Crippen LogP contribution in [0.5, 0.6) is 5.75 Å². The summed E-state index contributed by atoms with van der Waals surface area (Å²) in [7, 11) is 0. The van der Waals surface area contributed by atoms with Crippen LogP contribution in [0.4, 0.5) is 0 Å². The molecule has 4 heteroatoms. The molecule has 0 aliphatic heterocycles. The van der Waals surface area contributed by atoms with Crippen molar-refractivity contribution >= 4 is 11.7 Å². The highest BCUT2D eigenvalue weighted by Crippen LogP contribution is 2.14. The van der Waals surface area contributed by atoms with Crippen molar-refractivity contribution < 1.29 is 14.3 Å². The second-order valence-electron chi connectivity index (χ2n) is 3.76. The topological polar surface area (TPSA) is 55.4 Å². The van der Waals surface area contributed by atoms with Crippen molar-refractivity contribution in [3.63, 3.8) is 0 Å². The van der Waals surface area contributed by atoms with Gasteiger partial charge in [-0.1, -0.05) is 5.92 Å². The molecule has 0 radical (unpaired) electrons. The van der Waals surface area contributed by atoms with Gasteiger partial charge in [0.1, 0.15) is 5.75 Å². The van der Waals surface area contributed by atoms with Crippen molar-refractivity contribution in [2.24, 2.45) is 0 Å². The molecule has 0 bridgehead atoms. The zero-order valence-electron chi connectivity index (χ0n) is 10.4. The lowest BCUT2D eigenvalue weighted by Gasteiger charge is -2.13. The number of benzene rings is 1. The molecule has 18 heavy (non-hydrogen) atoms. The van der Waals surface area contributed by atoms with Crippen LogP contribution in [-0.4, -0.2) is 24.3 Å². The van der Waals surface area contributed by atoms with Crippen LogP contribution in [-0.2, 0) is 4.79 Å². The number of hydrogen-bond donors (Lipinski definition) is 1. The van der Waals surface area contributed by atoms with E-state index < -0.39 is 6.10 Å². The van der Waals surface area contributed by atoms with Crippen molar-refractivity contribution in [1.82, 2.24) is 5.32 Å². The predicted octanol–water partition coefficient (Wildman–Crippen LogP) is 1.41. The zero-order chi connectivity index (χ0) is 13.5. The normalized spacial score (nSPS) is 11.2. The summed E-state index contributed by atoms with van der Waals surface area (Å²) >= 11 is 0. The second-order valence-corrected chi connectivity index (χ2v) is 3.76. The van der Waals surface area contributed by atoms with E-state index in [0.717, 1.165) is 0 Å². The van der Waals surface area contributed by atoms with Crippen molar-refractivity contribution in [1.29, 1.82) is 0 Å². The number of Topliss-reactive ketones (excluding diaryl/α,β-unsaturated/α-hetero) is 1. The number of terminal acetylenes is 1. The van der Waals surface area contributed by atoms with Crippen molar-refractivity contribution in [3.8, 4) is 18.1 Å². The average Bonchev–Trinajstić information content (AvgIpc) is 2.36. The summed E-state index contributed by atoms with van der Waals surface area (Å²) in [6, 6.07) is 6.62. The van der Waals surface area contributed by atoms with Crippen molar-refractivity contribution in [2.45, 2.75) is 20.0 Å². The Morgan fingerprint density at radius 1 is 1.39 bits per heavy atom. The number of carbonyl (C=O) groups is 2. The molecule has 1 aromatic carbocycles. The van der Waals surface area contributed by atoms with E-state index in [-0.39, 0.29) is 18.2 Å².